The van der Waals surface area contributed by atoms with Gasteiger partial charge in [0, 0.05) is 11.1 Å². The van der Waals surface area contributed by atoms with E-state index in [4.69, 9.17) is 23.7 Å². The second kappa shape index (κ2) is 12.6. The van der Waals surface area contributed by atoms with Crippen LogP contribution in [-0.4, -0.2) is 29.0 Å². The molecule has 5 aromatic rings. The molecular weight excluding hydrogens is 567 g/mol. The Morgan fingerprint density at radius 3 is 2.09 bits per heavy atom. The Kier molecular flexibility index (Phi) is 8.51. The van der Waals surface area contributed by atoms with Crippen molar-refractivity contribution in [2.45, 2.75) is 19.9 Å². The number of carboxylic acids is 1. The summed E-state index contributed by atoms with van der Waals surface area (Å²) < 4.78 is 65.0. The number of aliphatic carboxylic acids is 1. The summed E-state index contributed by atoms with van der Waals surface area (Å²) in [5.41, 5.74) is 2.27. The Bertz CT molecular complexity index is 1680. The van der Waals surface area contributed by atoms with Crippen LogP contribution in [0.1, 0.15) is 11.5 Å². The van der Waals surface area contributed by atoms with E-state index in [1.54, 1.807) is 49.4 Å². The van der Waals surface area contributed by atoms with E-state index in [1.165, 1.54) is 24.3 Å². The lowest BCUT2D eigenvalue weighted by molar-refractivity contribution is -0.274. The van der Waals surface area contributed by atoms with Crippen molar-refractivity contribution in [2.24, 2.45) is 0 Å². The number of carbonyl (C=O) groups is 1. The fraction of sp³-hybridized carbons (Fsp3) is 0.125. The van der Waals surface area contributed by atoms with E-state index < -0.39 is 18.9 Å². The van der Waals surface area contributed by atoms with Gasteiger partial charge in [0.25, 0.3) is 0 Å². The zero-order chi connectivity index (χ0) is 30.4. The third kappa shape index (κ3) is 7.85. The van der Waals surface area contributed by atoms with Crippen molar-refractivity contribution in [2.75, 3.05) is 6.61 Å². The predicted octanol–water partition coefficient (Wildman–Crippen LogP) is 8.05. The summed E-state index contributed by atoms with van der Waals surface area (Å²) in [6, 6.07) is 26.6. The average Bonchev–Trinajstić information content (AvgIpc) is 3.40. The third-order valence-electron chi connectivity index (χ3n) is 5.99. The zero-order valence-electron chi connectivity index (χ0n) is 22.6. The summed E-state index contributed by atoms with van der Waals surface area (Å²) in [6.07, 6.45) is -4.81. The van der Waals surface area contributed by atoms with Gasteiger partial charge in [-0.25, -0.2) is 9.78 Å². The number of halogens is 3. The van der Waals surface area contributed by atoms with Crippen molar-refractivity contribution < 1.29 is 46.4 Å². The number of carboxylic acid groups (broad SMARTS) is 1. The number of hydrogen-bond acceptors (Lipinski definition) is 7. The molecule has 0 bridgehead atoms. The molecule has 0 spiro atoms. The fourth-order valence-corrected chi connectivity index (χ4v) is 4.09. The van der Waals surface area contributed by atoms with E-state index in [2.05, 4.69) is 9.72 Å². The number of oxazole rings is 1. The van der Waals surface area contributed by atoms with Crippen LogP contribution in [0.5, 0.6) is 28.7 Å². The van der Waals surface area contributed by atoms with Crippen molar-refractivity contribution in [1.82, 2.24) is 4.98 Å². The number of rotatable bonds is 11. The van der Waals surface area contributed by atoms with Crippen molar-refractivity contribution in [3.8, 4) is 51.3 Å². The quantitative estimate of drug-likeness (QED) is 0.165. The minimum atomic E-state index is -4.81. The van der Waals surface area contributed by atoms with Crippen molar-refractivity contribution in [3.63, 3.8) is 0 Å². The van der Waals surface area contributed by atoms with Crippen molar-refractivity contribution in [3.05, 3.63) is 109 Å². The zero-order valence-corrected chi connectivity index (χ0v) is 22.6. The number of ether oxygens (including phenoxy) is 4. The number of aryl methyl sites for hydroxylation is 1. The summed E-state index contributed by atoms with van der Waals surface area (Å²) in [7, 11) is 0. The molecular formula is C32H24F3NO7. The number of nitrogens with zero attached hydrogens (tertiary/aromatic N) is 1. The molecule has 0 saturated carbocycles. The fourth-order valence-electron chi connectivity index (χ4n) is 4.09. The van der Waals surface area contributed by atoms with E-state index >= 15 is 0 Å². The standard InChI is InChI=1S/C32H24F3NO7/c1-20-17-26(15-16-27(20)40-19-29(37)38)39-18-28-36-30(21-7-11-24(12-8-21)41-23-5-3-2-4-6-23)31(42-28)22-9-13-25(14-10-22)43-32(33,34)35/h2-17H,18-19H2,1H3,(H,37,38). The Morgan fingerprint density at radius 2 is 1.44 bits per heavy atom. The summed E-state index contributed by atoms with van der Waals surface area (Å²) in [4.78, 5) is 15.4. The van der Waals surface area contributed by atoms with Crippen molar-refractivity contribution in [1.29, 1.82) is 0 Å². The predicted molar refractivity (Wildman–Crippen MR) is 149 cm³/mol. The molecule has 8 nitrogen and oxygen atoms in total. The molecule has 5 rings (SSSR count). The van der Waals surface area contributed by atoms with Crippen LogP contribution in [0.2, 0.25) is 0 Å². The van der Waals surface area contributed by atoms with Gasteiger partial charge < -0.3 is 28.5 Å². The summed E-state index contributed by atoms with van der Waals surface area (Å²) in [5, 5.41) is 8.83. The highest BCUT2D eigenvalue weighted by molar-refractivity contribution is 5.77. The monoisotopic (exact) mass is 591 g/mol. The molecule has 0 unspecified atom stereocenters. The SMILES string of the molecule is Cc1cc(OCc2nc(-c3ccc(Oc4ccccc4)cc3)c(-c3ccc(OC(F)(F)F)cc3)o2)ccc1OCC(=O)O. The molecule has 220 valence electrons. The molecule has 0 radical (unpaired) electrons. The Labute approximate surface area is 243 Å². The normalized spacial score (nSPS) is 11.2. The van der Waals surface area contributed by atoms with Gasteiger partial charge in [0.05, 0.1) is 0 Å². The molecule has 1 N–H and O–H groups in total. The lowest BCUT2D eigenvalue weighted by Crippen LogP contribution is -2.16. The van der Waals surface area contributed by atoms with E-state index in [1.807, 2.05) is 30.3 Å². The van der Waals surface area contributed by atoms with Gasteiger partial charge in [0.2, 0.25) is 5.89 Å². The second-order valence-electron chi connectivity index (χ2n) is 9.20. The van der Waals surface area contributed by atoms with E-state index in [0.717, 1.165) is 0 Å². The molecule has 0 saturated heterocycles. The van der Waals surface area contributed by atoms with Crippen LogP contribution in [0, 0.1) is 6.92 Å². The van der Waals surface area contributed by atoms with Crippen LogP contribution < -0.4 is 18.9 Å². The highest BCUT2D eigenvalue weighted by Gasteiger charge is 2.31. The lowest BCUT2D eigenvalue weighted by atomic mass is 10.1. The number of aromatic nitrogens is 1. The van der Waals surface area contributed by atoms with Gasteiger partial charge >= 0.3 is 12.3 Å². The van der Waals surface area contributed by atoms with Gasteiger partial charge in [0.1, 0.15) is 34.4 Å². The summed E-state index contributed by atoms with van der Waals surface area (Å²) in [5.74, 6) is 1.24. The summed E-state index contributed by atoms with van der Waals surface area (Å²) >= 11 is 0. The van der Waals surface area contributed by atoms with Crippen LogP contribution in [-0.2, 0) is 11.4 Å². The molecule has 0 fully saturated rings. The maximum Gasteiger partial charge on any atom is 0.573 e. The van der Waals surface area contributed by atoms with Crippen LogP contribution >= 0.6 is 0 Å². The van der Waals surface area contributed by atoms with Crippen LogP contribution in [0.4, 0.5) is 13.2 Å². The maximum atomic E-state index is 12.7. The highest BCUT2D eigenvalue weighted by atomic mass is 19.4. The first kappa shape index (κ1) is 29.1. The number of alkyl halides is 3. The number of hydrogen-bond donors (Lipinski definition) is 1. The maximum absolute atomic E-state index is 12.7. The largest absolute Gasteiger partial charge is 0.573 e. The van der Waals surface area contributed by atoms with E-state index in [9.17, 15) is 18.0 Å². The average molecular weight is 592 g/mol. The topological polar surface area (TPSA) is 100 Å². The third-order valence-corrected chi connectivity index (χ3v) is 5.99. The number of para-hydroxylation sites is 1. The summed E-state index contributed by atoms with van der Waals surface area (Å²) in [6.45, 7) is 1.22. The van der Waals surface area contributed by atoms with Gasteiger partial charge in [-0.3, -0.25) is 0 Å². The molecule has 0 aliphatic heterocycles. The lowest BCUT2D eigenvalue weighted by Gasteiger charge is -2.09. The molecule has 11 heteroatoms. The molecule has 1 aromatic heterocycles. The molecule has 0 aliphatic rings. The Balaban J connectivity index is 1.39. The molecule has 0 atom stereocenters. The minimum absolute atomic E-state index is 0.0633. The first-order valence-corrected chi connectivity index (χ1v) is 12.9. The highest BCUT2D eigenvalue weighted by Crippen LogP contribution is 2.36. The molecule has 0 amide bonds. The van der Waals surface area contributed by atoms with Gasteiger partial charge in [0.15, 0.2) is 19.0 Å². The molecule has 4 aromatic carbocycles. The minimum Gasteiger partial charge on any atom is -0.484 e. The van der Waals surface area contributed by atoms with Crippen LogP contribution in [0.15, 0.2) is 101 Å². The van der Waals surface area contributed by atoms with Crippen LogP contribution in [0.3, 0.4) is 0 Å². The first-order chi connectivity index (χ1) is 20.6. The van der Waals surface area contributed by atoms with Crippen LogP contribution in [0.25, 0.3) is 22.6 Å². The van der Waals surface area contributed by atoms with Crippen molar-refractivity contribution >= 4 is 5.97 Å². The molecule has 43 heavy (non-hydrogen) atoms. The van der Waals surface area contributed by atoms with Gasteiger partial charge in [-0.15, -0.1) is 13.2 Å². The van der Waals surface area contributed by atoms with Gasteiger partial charge in [-0.2, -0.15) is 0 Å². The Hall–Kier alpha value is -5.45. The Morgan fingerprint density at radius 1 is 0.814 bits per heavy atom. The number of benzene rings is 4. The smallest absolute Gasteiger partial charge is 0.484 e. The van der Waals surface area contributed by atoms with Gasteiger partial charge in [-0.05, 0) is 91.3 Å². The second-order valence-corrected chi connectivity index (χ2v) is 9.20. The van der Waals surface area contributed by atoms with Gasteiger partial charge in [-0.1, -0.05) is 18.2 Å². The molecule has 0 aliphatic carbocycles. The van der Waals surface area contributed by atoms with E-state index in [-0.39, 0.29) is 18.2 Å². The first-order valence-electron chi connectivity index (χ1n) is 12.9. The van der Waals surface area contributed by atoms with E-state index in [0.29, 0.717) is 51.1 Å². The molecule has 1 heterocycles.